The van der Waals surface area contributed by atoms with E-state index in [4.69, 9.17) is 20.8 Å². The molecular weight excluding hydrogens is 368 g/mol. The van der Waals surface area contributed by atoms with Gasteiger partial charge in [-0.3, -0.25) is 0 Å². The molecule has 5 nitrogen and oxygen atoms in total. The quantitative estimate of drug-likeness (QED) is 0.408. The monoisotopic (exact) mass is 394 g/mol. The Morgan fingerprint density at radius 1 is 1.37 bits per heavy atom. The van der Waals surface area contributed by atoms with Crippen LogP contribution in [0.15, 0.2) is 22.3 Å². The first-order valence-electron chi connectivity index (χ1n) is 9.86. The average molecular weight is 395 g/mol. The topological polar surface area (TPSA) is 86.4 Å². The van der Waals surface area contributed by atoms with Crippen molar-refractivity contribution in [3.8, 4) is 0 Å². The summed E-state index contributed by atoms with van der Waals surface area (Å²) in [6.07, 6.45) is 5.00. The number of hydrogen-bond donors (Lipinski definition) is 3. The third kappa shape index (κ3) is 1.95. The van der Waals surface area contributed by atoms with E-state index in [2.05, 4.69) is 6.92 Å². The first-order valence-corrected chi connectivity index (χ1v) is 10.3. The van der Waals surface area contributed by atoms with Crippen LogP contribution in [0.5, 0.6) is 0 Å². The minimum absolute atomic E-state index is 0.0881. The predicted octanol–water partition coefficient (Wildman–Crippen LogP) is 2.64. The summed E-state index contributed by atoms with van der Waals surface area (Å²) in [6.45, 7) is 5.89. The predicted molar refractivity (Wildman–Crippen MR) is 99.5 cm³/mol. The Labute approximate surface area is 164 Å². The first kappa shape index (κ1) is 18.2. The van der Waals surface area contributed by atoms with Gasteiger partial charge >= 0.3 is 0 Å². The molecule has 4 aliphatic rings. The lowest BCUT2D eigenvalue weighted by atomic mass is 9.50. The van der Waals surface area contributed by atoms with Gasteiger partial charge in [-0.25, -0.2) is 0 Å². The number of hydrogen-bond acceptors (Lipinski definition) is 5. The summed E-state index contributed by atoms with van der Waals surface area (Å²) in [5.74, 6) is 0.651. The molecule has 0 amide bonds. The molecule has 2 heterocycles. The molecule has 148 valence electrons. The maximum atomic E-state index is 11.3. The fourth-order valence-corrected chi connectivity index (χ4v) is 6.69. The standard InChI is InChI=1S/C21H27ClO5/c1-10(2)20(25)16(22)7-15-19(3)5-4-11-12(9-26-14(11)8-23)13(19)6-17-21(15,27-17)18(20)24/h7,9-10,13,16-18,23-25H,4-6,8H2,1-3H3/t13-,16+,17-,18+,19-,20-,21+/m0/s1. The van der Waals surface area contributed by atoms with Crippen LogP contribution in [-0.4, -0.2) is 44.1 Å². The van der Waals surface area contributed by atoms with Gasteiger partial charge in [-0.1, -0.05) is 26.8 Å². The summed E-state index contributed by atoms with van der Waals surface area (Å²) in [5.41, 5.74) is 0.836. The summed E-state index contributed by atoms with van der Waals surface area (Å²) in [4.78, 5) is 0. The van der Waals surface area contributed by atoms with Crippen LogP contribution in [0.4, 0.5) is 0 Å². The Morgan fingerprint density at radius 3 is 2.78 bits per heavy atom. The molecule has 3 N–H and O–H groups in total. The molecule has 1 saturated heterocycles. The van der Waals surface area contributed by atoms with Crippen LogP contribution < -0.4 is 0 Å². The molecule has 5 rings (SSSR count). The van der Waals surface area contributed by atoms with Gasteiger partial charge < -0.3 is 24.5 Å². The molecule has 1 spiro atoms. The van der Waals surface area contributed by atoms with Gasteiger partial charge in [0.05, 0.1) is 17.7 Å². The van der Waals surface area contributed by atoms with E-state index in [1.807, 2.05) is 19.9 Å². The van der Waals surface area contributed by atoms with Gasteiger partial charge in [0.1, 0.15) is 29.7 Å². The molecule has 2 fully saturated rings. The summed E-state index contributed by atoms with van der Waals surface area (Å²) in [7, 11) is 0. The van der Waals surface area contributed by atoms with E-state index in [-0.39, 0.29) is 30.0 Å². The molecule has 1 saturated carbocycles. The Kier molecular flexibility index (Phi) is 3.63. The number of epoxide rings is 1. The average Bonchev–Trinajstić information content (AvgIpc) is 3.20. The van der Waals surface area contributed by atoms with E-state index in [1.165, 1.54) is 0 Å². The molecule has 3 aliphatic carbocycles. The Bertz CT molecular complexity index is 831. The van der Waals surface area contributed by atoms with Crippen molar-refractivity contribution >= 4 is 11.6 Å². The van der Waals surface area contributed by atoms with Crippen molar-refractivity contribution < 1.29 is 24.5 Å². The van der Waals surface area contributed by atoms with Crippen molar-refractivity contribution in [2.24, 2.45) is 11.3 Å². The molecule has 0 bridgehead atoms. The maximum absolute atomic E-state index is 11.3. The van der Waals surface area contributed by atoms with Crippen molar-refractivity contribution in [2.45, 2.75) is 81.3 Å². The second kappa shape index (κ2) is 5.39. The van der Waals surface area contributed by atoms with Crippen LogP contribution in [0.2, 0.25) is 0 Å². The highest BCUT2D eigenvalue weighted by molar-refractivity contribution is 6.23. The van der Waals surface area contributed by atoms with E-state index < -0.39 is 22.7 Å². The van der Waals surface area contributed by atoms with Crippen molar-refractivity contribution in [3.63, 3.8) is 0 Å². The van der Waals surface area contributed by atoms with Crippen LogP contribution in [0.25, 0.3) is 0 Å². The number of furan rings is 1. The number of rotatable bonds is 2. The van der Waals surface area contributed by atoms with Crippen LogP contribution >= 0.6 is 11.6 Å². The number of aliphatic hydroxyl groups is 3. The smallest absolute Gasteiger partial charge is 0.145 e. The summed E-state index contributed by atoms with van der Waals surface area (Å²) in [5, 5.41) is 31.4. The van der Waals surface area contributed by atoms with Gasteiger partial charge in [-0.05, 0) is 53.2 Å². The van der Waals surface area contributed by atoms with Gasteiger partial charge in [0.15, 0.2) is 0 Å². The Morgan fingerprint density at radius 2 is 2.11 bits per heavy atom. The van der Waals surface area contributed by atoms with Crippen molar-refractivity contribution in [1.82, 2.24) is 0 Å². The highest BCUT2D eigenvalue weighted by Crippen LogP contribution is 2.70. The van der Waals surface area contributed by atoms with Crippen LogP contribution in [0.3, 0.4) is 0 Å². The molecule has 1 aromatic rings. The van der Waals surface area contributed by atoms with E-state index in [9.17, 15) is 15.3 Å². The minimum atomic E-state index is -1.41. The molecule has 0 radical (unpaired) electrons. The summed E-state index contributed by atoms with van der Waals surface area (Å²) in [6, 6.07) is 0. The third-order valence-electron chi connectivity index (χ3n) is 7.96. The van der Waals surface area contributed by atoms with Gasteiger partial charge in [0.2, 0.25) is 0 Å². The molecule has 1 aliphatic heterocycles. The normalized spacial score (nSPS) is 47.6. The second-order valence-electron chi connectivity index (χ2n) is 9.28. The molecule has 1 aromatic heterocycles. The molecule has 6 heteroatoms. The zero-order valence-electron chi connectivity index (χ0n) is 15.9. The number of alkyl halides is 1. The summed E-state index contributed by atoms with van der Waals surface area (Å²) >= 11 is 6.64. The number of halogens is 1. The highest BCUT2D eigenvalue weighted by Gasteiger charge is 2.77. The number of ether oxygens (including phenoxy) is 1. The van der Waals surface area contributed by atoms with E-state index >= 15 is 0 Å². The zero-order chi connectivity index (χ0) is 19.4. The number of aliphatic hydroxyl groups excluding tert-OH is 2. The highest BCUT2D eigenvalue weighted by atomic mass is 35.5. The fourth-order valence-electron chi connectivity index (χ4n) is 6.20. The molecular formula is C21H27ClO5. The van der Waals surface area contributed by atoms with E-state index in [1.54, 1.807) is 6.26 Å². The molecule has 27 heavy (non-hydrogen) atoms. The van der Waals surface area contributed by atoms with Gasteiger partial charge in [0, 0.05) is 0 Å². The molecule has 0 aromatic carbocycles. The maximum Gasteiger partial charge on any atom is 0.145 e. The largest absolute Gasteiger partial charge is 0.466 e. The lowest BCUT2D eigenvalue weighted by Gasteiger charge is -2.54. The van der Waals surface area contributed by atoms with E-state index in [0.717, 1.165) is 36.0 Å². The number of fused-ring (bicyclic) bond motifs is 4. The Hall–Kier alpha value is -0.850. The lowest BCUT2D eigenvalue weighted by Crippen LogP contribution is -2.65. The van der Waals surface area contributed by atoms with Crippen LogP contribution in [-0.2, 0) is 17.8 Å². The van der Waals surface area contributed by atoms with Gasteiger partial charge in [0.25, 0.3) is 0 Å². The van der Waals surface area contributed by atoms with Crippen molar-refractivity contribution in [1.29, 1.82) is 0 Å². The molecule has 0 unspecified atom stereocenters. The van der Waals surface area contributed by atoms with Gasteiger partial charge in [-0.2, -0.15) is 0 Å². The third-order valence-corrected chi connectivity index (χ3v) is 8.44. The SMILES string of the molecule is CC(C)[C@]1(O)[C@H](Cl)C=C2[C@]3(O[C@H]3C[C@H]3c4coc(CO)c4CC[C@]23C)[C@@H]1O. The first-order chi connectivity index (χ1) is 12.7. The van der Waals surface area contributed by atoms with Crippen molar-refractivity contribution in [2.75, 3.05) is 0 Å². The van der Waals surface area contributed by atoms with Crippen LogP contribution in [0.1, 0.15) is 56.4 Å². The van der Waals surface area contributed by atoms with E-state index in [0.29, 0.717) is 5.76 Å². The summed E-state index contributed by atoms with van der Waals surface area (Å²) < 4.78 is 11.8. The molecule has 7 atom stereocenters. The second-order valence-corrected chi connectivity index (χ2v) is 9.75. The van der Waals surface area contributed by atoms with Crippen LogP contribution in [0, 0.1) is 11.3 Å². The van der Waals surface area contributed by atoms with Crippen molar-refractivity contribution in [3.05, 3.63) is 34.8 Å². The Balaban J connectivity index is 1.64. The fraction of sp³-hybridized carbons (Fsp3) is 0.714. The van der Waals surface area contributed by atoms with Gasteiger partial charge in [-0.15, -0.1) is 11.6 Å². The minimum Gasteiger partial charge on any atom is -0.466 e. The zero-order valence-corrected chi connectivity index (χ0v) is 16.7. The lowest BCUT2D eigenvalue weighted by molar-refractivity contribution is -0.134.